The van der Waals surface area contributed by atoms with E-state index in [2.05, 4.69) is 6.92 Å². The minimum atomic E-state index is -4.03. The highest BCUT2D eigenvalue weighted by atomic mass is 35.5. The summed E-state index contributed by atoms with van der Waals surface area (Å²) in [4.78, 5) is 9.86. The van der Waals surface area contributed by atoms with Crippen LogP contribution in [0.5, 0.6) is 0 Å². The molecule has 0 radical (unpaired) electrons. The number of alkyl halides is 1. The van der Waals surface area contributed by atoms with Crippen molar-refractivity contribution in [3.8, 4) is 0 Å². The molecule has 0 aromatic rings. The fourth-order valence-electron chi connectivity index (χ4n) is 3.42. The fraction of sp³-hybridized carbons (Fsp3) is 1.00. The van der Waals surface area contributed by atoms with E-state index in [0.29, 0.717) is 11.0 Å². The van der Waals surface area contributed by atoms with Gasteiger partial charge >= 0.3 is 7.82 Å². The second-order valence-electron chi connectivity index (χ2n) is 9.25. The average molecular weight is 457 g/mol. The molecule has 7 heteroatoms. The normalized spacial score (nSPS) is 15.4. The van der Waals surface area contributed by atoms with E-state index in [0.717, 1.165) is 19.3 Å². The summed E-state index contributed by atoms with van der Waals surface area (Å²) >= 11 is 5.85. The number of hydrogen-bond acceptors (Lipinski definition) is 3. The van der Waals surface area contributed by atoms with Gasteiger partial charge in [-0.05, 0) is 6.42 Å². The molecule has 1 unspecified atom stereocenters. The van der Waals surface area contributed by atoms with Crippen molar-refractivity contribution in [2.45, 2.75) is 103 Å². The smallest absolute Gasteiger partial charge is 0.329 e. The maximum atomic E-state index is 12.0. The van der Waals surface area contributed by atoms with Gasteiger partial charge in [0.15, 0.2) is 0 Å². The number of nitrogens with zero attached hydrogens (tertiary/aromatic N) is 1. The number of hydrogen-bond donors (Lipinski definition) is 1. The van der Waals surface area contributed by atoms with Gasteiger partial charge in [-0.15, -0.1) is 11.6 Å². The van der Waals surface area contributed by atoms with Crippen molar-refractivity contribution in [2.75, 3.05) is 40.2 Å². The summed E-state index contributed by atoms with van der Waals surface area (Å²) in [6, 6.07) is 0. The molecule has 0 aliphatic rings. The minimum Gasteiger partial charge on any atom is -0.329 e. The van der Waals surface area contributed by atoms with Crippen LogP contribution >= 0.6 is 19.4 Å². The Bertz CT molecular complexity index is 418. The van der Waals surface area contributed by atoms with Crippen LogP contribution in [0.1, 0.15) is 96.8 Å². The Morgan fingerprint density at radius 3 is 1.62 bits per heavy atom. The van der Waals surface area contributed by atoms with Crippen molar-refractivity contribution in [2.24, 2.45) is 0 Å². The van der Waals surface area contributed by atoms with Gasteiger partial charge in [-0.25, -0.2) is 4.57 Å². The molecule has 5 nitrogen and oxygen atoms in total. The molecule has 0 aliphatic carbocycles. The van der Waals surface area contributed by atoms with Crippen molar-refractivity contribution < 1.29 is 23.0 Å². The number of phosphoric acid groups is 1. The van der Waals surface area contributed by atoms with Crippen molar-refractivity contribution in [3.63, 3.8) is 0 Å². The Labute approximate surface area is 185 Å². The Balaban J connectivity index is 3.54. The Hall–Kier alpha value is 0.360. The largest absolute Gasteiger partial charge is 0.472 e. The highest BCUT2D eigenvalue weighted by Crippen LogP contribution is 2.45. The molecule has 0 fully saturated rings. The first kappa shape index (κ1) is 29.4. The Kier molecular flexibility index (Phi) is 18.2. The Morgan fingerprint density at radius 2 is 1.24 bits per heavy atom. The zero-order valence-corrected chi connectivity index (χ0v) is 21.2. The van der Waals surface area contributed by atoms with E-state index < -0.39 is 13.9 Å². The second-order valence-corrected chi connectivity index (χ2v) is 11.0. The third kappa shape index (κ3) is 21.4. The van der Waals surface area contributed by atoms with Crippen LogP contribution in [0.2, 0.25) is 0 Å². The third-order valence-corrected chi connectivity index (χ3v) is 6.38. The lowest BCUT2D eigenvalue weighted by Gasteiger charge is -2.28. The highest BCUT2D eigenvalue weighted by Gasteiger charge is 2.29. The highest BCUT2D eigenvalue weighted by molar-refractivity contribution is 7.47. The van der Waals surface area contributed by atoms with Crippen molar-refractivity contribution >= 4 is 19.4 Å². The van der Waals surface area contributed by atoms with Crippen LogP contribution in [0.3, 0.4) is 0 Å². The summed E-state index contributed by atoms with van der Waals surface area (Å²) in [6.07, 6.45) is 17.4. The van der Waals surface area contributed by atoms with Crippen LogP contribution in [0.4, 0.5) is 0 Å². The monoisotopic (exact) mass is 456 g/mol. The summed E-state index contributed by atoms with van der Waals surface area (Å²) in [5.41, 5.74) is 0. The minimum absolute atomic E-state index is 0.169. The molecule has 0 spiro atoms. The van der Waals surface area contributed by atoms with Gasteiger partial charge in [0.1, 0.15) is 12.6 Å². The molecule has 29 heavy (non-hydrogen) atoms. The summed E-state index contributed by atoms with van der Waals surface area (Å²) in [7, 11) is 1.93. The van der Waals surface area contributed by atoms with E-state index in [1.165, 1.54) is 70.6 Å². The van der Waals surface area contributed by atoms with Gasteiger partial charge in [-0.2, -0.15) is 0 Å². The van der Waals surface area contributed by atoms with Gasteiger partial charge in [0.05, 0.1) is 33.6 Å². The van der Waals surface area contributed by atoms with Gasteiger partial charge in [0.25, 0.3) is 0 Å². The predicted molar refractivity (Wildman–Crippen MR) is 125 cm³/mol. The van der Waals surface area contributed by atoms with E-state index in [9.17, 15) is 9.46 Å². The third-order valence-electron chi connectivity index (χ3n) is 4.96. The molecule has 2 atom stereocenters. The van der Waals surface area contributed by atoms with E-state index >= 15 is 0 Å². The SMILES string of the molecule is CCCCCCCCCCCCCCCCOP(=O)(O)O[C@H](CCl)C[N+](C)(C)C. The maximum absolute atomic E-state index is 12.0. The van der Waals surface area contributed by atoms with Crippen LogP contribution in [-0.2, 0) is 13.6 Å². The fourth-order valence-corrected chi connectivity index (χ4v) is 4.60. The summed E-state index contributed by atoms with van der Waals surface area (Å²) in [5.74, 6) is 0.169. The van der Waals surface area contributed by atoms with Gasteiger partial charge in [-0.1, -0.05) is 90.4 Å². The molecule has 0 rings (SSSR count). The first-order valence-electron chi connectivity index (χ1n) is 11.7. The van der Waals surface area contributed by atoms with Gasteiger partial charge < -0.3 is 9.38 Å². The molecule has 0 aromatic heterocycles. The van der Waals surface area contributed by atoms with Crippen molar-refractivity contribution in [1.82, 2.24) is 0 Å². The molecule has 0 saturated carbocycles. The van der Waals surface area contributed by atoms with Crippen LogP contribution < -0.4 is 0 Å². The molecule has 0 aromatic carbocycles. The van der Waals surface area contributed by atoms with E-state index in [4.69, 9.17) is 20.6 Å². The van der Waals surface area contributed by atoms with E-state index in [1.807, 2.05) is 21.1 Å². The molecule has 0 amide bonds. The number of phosphoric ester groups is 1. The number of unbranched alkanes of at least 4 members (excludes halogenated alkanes) is 13. The quantitative estimate of drug-likeness (QED) is 0.0881. The zero-order chi connectivity index (χ0) is 22.0. The van der Waals surface area contributed by atoms with Gasteiger partial charge in [0, 0.05) is 0 Å². The molecule has 176 valence electrons. The summed E-state index contributed by atoms with van der Waals surface area (Å²) < 4.78 is 23.0. The van der Waals surface area contributed by atoms with Crippen LogP contribution in [0.15, 0.2) is 0 Å². The first-order valence-corrected chi connectivity index (χ1v) is 13.8. The average Bonchev–Trinajstić information content (AvgIpc) is 2.63. The first-order chi connectivity index (χ1) is 13.7. The van der Waals surface area contributed by atoms with Crippen molar-refractivity contribution in [1.29, 1.82) is 0 Å². The number of rotatable bonds is 21. The molecular weight excluding hydrogens is 409 g/mol. The Morgan fingerprint density at radius 1 is 0.828 bits per heavy atom. The number of halogens is 1. The van der Waals surface area contributed by atoms with Crippen LogP contribution in [0.25, 0.3) is 0 Å². The molecule has 0 aliphatic heterocycles. The summed E-state index contributed by atoms with van der Waals surface area (Å²) in [6.45, 7) is 3.07. The van der Waals surface area contributed by atoms with E-state index in [-0.39, 0.29) is 12.5 Å². The lowest BCUT2D eigenvalue weighted by molar-refractivity contribution is -0.872. The van der Waals surface area contributed by atoms with E-state index in [1.54, 1.807) is 0 Å². The van der Waals surface area contributed by atoms with Gasteiger partial charge in [-0.3, -0.25) is 9.05 Å². The number of quaternary nitrogens is 1. The molecule has 0 bridgehead atoms. The zero-order valence-electron chi connectivity index (χ0n) is 19.5. The molecule has 0 saturated heterocycles. The lowest BCUT2D eigenvalue weighted by atomic mass is 10.0. The van der Waals surface area contributed by atoms with Crippen LogP contribution in [0, 0.1) is 0 Å². The van der Waals surface area contributed by atoms with Gasteiger partial charge in [0.2, 0.25) is 0 Å². The van der Waals surface area contributed by atoms with Crippen molar-refractivity contribution in [3.05, 3.63) is 0 Å². The number of likely N-dealkylation sites (N-methyl/N-ethyl adjacent to an activating group) is 1. The molecule has 1 N–H and O–H groups in total. The topological polar surface area (TPSA) is 55.8 Å². The second kappa shape index (κ2) is 18.0. The summed E-state index contributed by atoms with van der Waals surface area (Å²) in [5, 5.41) is 0. The molecular formula is C22H48ClNO4P+. The standard InChI is InChI=1S/C22H47ClNO4P/c1-5-6-7-8-9-10-11-12-13-14-15-16-17-18-19-27-29(25,26)28-22(20-23)21-24(2,3)4/h22H,5-21H2,1-4H3/p+1/t22-/m1/s1. The maximum Gasteiger partial charge on any atom is 0.472 e. The molecule has 0 heterocycles. The predicted octanol–water partition coefficient (Wildman–Crippen LogP) is 6.91. The van der Waals surface area contributed by atoms with Crippen LogP contribution in [-0.4, -0.2) is 55.7 Å². The lowest BCUT2D eigenvalue weighted by Crippen LogP contribution is -2.42.